The van der Waals surface area contributed by atoms with E-state index in [1.807, 2.05) is 12.1 Å². The van der Waals surface area contributed by atoms with Crippen molar-refractivity contribution < 1.29 is 0 Å². The van der Waals surface area contributed by atoms with E-state index in [2.05, 4.69) is 167 Å². The molecule has 0 saturated carbocycles. The van der Waals surface area contributed by atoms with Crippen molar-refractivity contribution in [3.63, 3.8) is 0 Å². The van der Waals surface area contributed by atoms with Crippen molar-refractivity contribution in [2.75, 3.05) is 0 Å². The van der Waals surface area contributed by atoms with Gasteiger partial charge in [-0.05, 0) is 76.1 Å². The molecule has 0 N–H and O–H groups in total. The van der Waals surface area contributed by atoms with Crippen LogP contribution in [0.15, 0.2) is 170 Å². The average Bonchev–Trinajstić information content (AvgIpc) is 3.68. The second-order valence-corrected chi connectivity index (χ2v) is 13.0. The highest BCUT2D eigenvalue weighted by Crippen LogP contribution is 2.41. The number of hydrogen-bond acceptors (Lipinski definition) is 2. The van der Waals surface area contributed by atoms with Crippen LogP contribution >= 0.6 is 0 Å². The summed E-state index contributed by atoms with van der Waals surface area (Å²) in [5, 5.41) is 9.58. The lowest BCUT2D eigenvalue weighted by Crippen LogP contribution is -2.04. The van der Waals surface area contributed by atoms with Crippen molar-refractivity contribution in [1.29, 1.82) is 0 Å². The van der Waals surface area contributed by atoms with Crippen LogP contribution in [0.3, 0.4) is 0 Å². The summed E-state index contributed by atoms with van der Waals surface area (Å²) in [7, 11) is 0. The zero-order valence-corrected chi connectivity index (χ0v) is 27.0. The molecule has 0 saturated heterocycles. The summed E-state index contributed by atoms with van der Waals surface area (Å²) < 4.78 is 4.73. The van der Waals surface area contributed by atoms with Gasteiger partial charge in [-0.15, -0.1) is 0 Å². The zero-order chi connectivity index (χ0) is 32.8. The van der Waals surface area contributed by atoms with Gasteiger partial charge in [0.15, 0.2) is 5.82 Å². The first-order valence-electron chi connectivity index (χ1n) is 17.0. The van der Waals surface area contributed by atoms with Crippen molar-refractivity contribution in [3.05, 3.63) is 170 Å². The van der Waals surface area contributed by atoms with Crippen LogP contribution in [0.5, 0.6) is 0 Å². The Bertz CT molecular complexity index is 3110. The van der Waals surface area contributed by atoms with Gasteiger partial charge in [0.05, 0.1) is 33.1 Å². The normalized spacial score (nSPS) is 12.0. The molecule has 50 heavy (non-hydrogen) atoms. The highest BCUT2D eigenvalue weighted by atomic mass is 15.1. The first kappa shape index (κ1) is 27.2. The van der Waals surface area contributed by atoms with E-state index in [-0.39, 0.29) is 0 Å². The van der Waals surface area contributed by atoms with Gasteiger partial charge >= 0.3 is 0 Å². The third-order valence-electron chi connectivity index (χ3n) is 10.3. The minimum Gasteiger partial charge on any atom is -0.309 e. The Balaban J connectivity index is 1.28. The van der Waals surface area contributed by atoms with Crippen LogP contribution < -0.4 is 0 Å². The number of fused-ring (bicyclic) bond motifs is 9. The summed E-state index contributed by atoms with van der Waals surface area (Å²) in [6, 6.07) is 60.7. The Hall–Kier alpha value is -6.78. The van der Waals surface area contributed by atoms with Gasteiger partial charge in [0.1, 0.15) is 5.69 Å². The zero-order valence-electron chi connectivity index (χ0n) is 27.0. The molecule has 0 amide bonds. The quantitative estimate of drug-likeness (QED) is 0.193. The summed E-state index contributed by atoms with van der Waals surface area (Å²) in [6.07, 6.45) is 0. The first-order valence-corrected chi connectivity index (χ1v) is 17.0. The molecule has 3 aromatic heterocycles. The van der Waals surface area contributed by atoms with Crippen molar-refractivity contribution in [3.8, 4) is 22.8 Å². The van der Waals surface area contributed by atoms with Gasteiger partial charge < -0.3 is 4.57 Å². The number of hydrogen-bond donors (Lipinski definition) is 0. The minimum atomic E-state index is 0.819. The fourth-order valence-electron chi connectivity index (χ4n) is 8.02. The van der Waals surface area contributed by atoms with E-state index in [9.17, 15) is 0 Å². The van der Waals surface area contributed by atoms with Gasteiger partial charge in [-0.1, -0.05) is 115 Å². The van der Waals surface area contributed by atoms with Gasteiger partial charge in [-0.25, -0.2) is 9.97 Å². The summed E-state index contributed by atoms with van der Waals surface area (Å²) in [5.74, 6) is 0.819. The predicted octanol–water partition coefficient (Wildman–Crippen LogP) is 11.8. The minimum absolute atomic E-state index is 0.819. The number of benzene rings is 8. The van der Waals surface area contributed by atoms with E-state index < -0.39 is 0 Å². The predicted molar refractivity (Wildman–Crippen MR) is 209 cm³/mol. The molecule has 0 unspecified atom stereocenters. The summed E-state index contributed by atoms with van der Waals surface area (Å²) in [6.45, 7) is 0. The molecule has 11 rings (SSSR count). The van der Waals surface area contributed by atoms with Crippen LogP contribution in [-0.2, 0) is 0 Å². The molecule has 0 radical (unpaired) electrons. The standard InChI is InChI=1S/C46H28N4/c1-2-14-31-27-44-37(26-30(31)13-1)38-28-32(49-41-22-9-5-17-34(41)35-18-6-10-23-42(35)49)24-25-43(38)50(44)46-45(47-39-20-7-8-21-40(39)48-46)36-19-11-15-29-12-3-4-16-33(29)36/h1-28H. The molecule has 232 valence electrons. The maximum Gasteiger partial charge on any atom is 0.165 e. The SMILES string of the molecule is c1ccc2cc3c(cc2c1)c1cc(-n2c4ccccc4c4ccccc42)ccc1n3-c1nc2ccccc2nc1-c1cccc2ccccc12. The number of nitrogens with zero attached hydrogens (tertiary/aromatic N) is 4. The molecular weight excluding hydrogens is 609 g/mol. The second kappa shape index (κ2) is 10.4. The van der Waals surface area contributed by atoms with E-state index in [4.69, 9.17) is 9.97 Å². The lowest BCUT2D eigenvalue weighted by Gasteiger charge is -2.15. The Morgan fingerprint density at radius 1 is 0.340 bits per heavy atom. The molecule has 0 bridgehead atoms. The molecule has 0 spiro atoms. The van der Waals surface area contributed by atoms with Gasteiger partial charge in [0, 0.05) is 32.8 Å². The van der Waals surface area contributed by atoms with E-state index in [1.54, 1.807) is 0 Å². The molecule has 4 heteroatoms. The molecule has 4 nitrogen and oxygen atoms in total. The van der Waals surface area contributed by atoms with Gasteiger partial charge in [-0.2, -0.15) is 0 Å². The number of aromatic nitrogens is 4. The monoisotopic (exact) mass is 636 g/mol. The summed E-state index contributed by atoms with van der Waals surface area (Å²) in [4.78, 5) is 10.8. The van der Waals surface area contributed by atoms with E-state index in [0.717, 1.165) is 50.2 Å². The van der Waals surface area contributed by atoms with E-state index in [0.29, 0.717) is 0 Å². The molecule has 8 aromatic carbocycles. The molecular formula is C46H28N4. The highest BCUT2D eigenvalue weighted by molar-refractivity contribution is 6.15. The molecule has 0 aliphatic carbocycles. The number of rotatable bonds is 3. The average molecular weight is 637 g/mol. The van der Waals surface area contributed by atoms with Crippen LogP contribution in [-0.4, -0.2) is 19.1 Å². The topological polar surface area (TPSA) is 35.6 Å². The van der Waals surface area contributed by atoms with E-state index in [1.165, 1.54) is 48.7 Å². The van der Waals surface area contributed by atoms with Crippen LogP contribution in [0.2, 0.25) is 0 Å². The van der Waals surface area contributed by atoms with Crippen molar-refractivity contribution in [2.45, 2.75) is 0 Å². The maximum atomic E-state index is 5.43. The Labute approximate surface area is 287 Å². The van der Waals surface area contributed by atoms with Crippen molar-refractivity contribution in [2.24, 2.45) is 0 Å². The largest absolute Gasteiger partial charge is 0.309 e. The fourth-order valence-corrected chi connectivity index (χ4v) is 8.02. The highest BCUT2D eigenvalue weighted by Gasteiger charge is 2.22. The van der Waals surface area contributed by atoms with Crippen LogP contribution in [0.1, 0.15) is 0 Å². The van der Waals surface area contributed by atoms with E-state index >= 15 is 0 Å². The Morgan fingerprint density at radius 3 is 1.66 bits per heavy atom. The maximum absolute atomic E-state index is 5.43. The lowest BCUT2D eigenvalue weighted by molar-refractivity contribution is 1.08. The smallest absolute Gasteiger partial charge is 0.165 e. The third kappa shape index (κ3) is 3.87. The summed E-state index contributed by atoms with van der Waals surface area (Å²) in [5.41, 5.74) is 9.37. The van der Waals surface area contributed by atoms with Crippen LogP contribution in [0.4, 0.5) is 0 Å². The van der Waals surface area contributed by atoms with Crippen molar-refractivity contribution in [1.82, 2.24) is 19.1 Å². The molecule has 0 aliphatic rings. The van der Waals surface area contributed by atoms with Crippen LogP contribution in [0, 0.1) is 0 Å². The van der Waals surface area contributed by atoms with Gasteiger partial charge in [0.2, 0.25) is 0 Å². The Morgan fingerprint density at radius 2 is 0.900 bits per heavy atom. The lowest BCUT2D eigenvalue weighted by atomic mass is 10.0. The number of para-hydroxylation sites is 4. The molecule has 0 aliphatic heterocycles. The van der Waals surface area contributed by atoms with Gasteiger partial charge in [0.25, 0.3) is 0 Å². The first-order chi connectivity index (χ1) is 24.8. The molecule has 11 aromatic rings. The summed E-state index contributed by atoms with van der Waals surface area (Å²) >= 11 is 0. The van der Waals surface area contributed by atoms with Crippen LogP contribution in [0.25, 0.3) is 99.0 Å². The third-order valence-corrected chi connectivity index (χ3v) is 10.3. The molecule has 0 fully saturated rings. The molecule has 0 atom stereocenters. The molecule has 3 heterocycles. The van der Waals surface area contributed by atoms with Gasteiger partial charge in [-0.3, -0.25) is 4.57 Å². The Kier molecular flexibility index (Phi) is 5.63. The van der Waals surface area contributed by atoms with Crippen molar-refractivity contribution >= 4 is 76.2 Å². The second-order valence-electron chi connectivity index (χ2n) is 13.0. The fraction of sp³-hybridized carbons (Fsp3) is 0.